The van der Waals surface area contributed by atoms with Crippen LogP contribution >= 0.6 is 0 Å². The van der Waals surface area contributed by atoms with Crippen molar-refractivity contribution in [2.24, 2.45) is 5.92 Å². The lowest BCUT2D eigenvalue weighted by atomic mass is 9.83. The van der Waals surface area contributed by atoms with E-state index < -0.39 is 0 Å². The molecule has 2 saturated heterocycles. The smallest absolute Gasteiger partial charge is 0.0756 e. The van der Waals surface area contributed by atoms with Crippen molar-refractivity contribution < 1.29 is 9.47 Å². The van der Waals surface area contributed by atoms with Gasteiger partial charge in [0.15, 0.2) is 0 Å². The zero-order chi connectivity index (χ0) is 13.4. The Kier molecular flexibility index (Phi) is 3.78. The van der Waals surface area contributed by atoms with E-state index >= 15 is 0 Å². The van der Waals surface area contributed by atoms with Gasteiger partial charge in [0.1, 0.15) is 0 Å². The lowest BCUT2D eigenvalue weighted by Crippen LogP contribution is -2.42. The lowest BCUT2D eigenvalue weighted by molar-refractivity contribution is -0.0635. The fourth-order valence-corrected chi connectivity index (χ4v) is 4.61. The molecule has 2 heterocycles. The summed E-state index contributed by atoms with van der Waals surface area (Å²) in [6, 6.07) is 0.592. The second kappa shape index (κ2) is 5.58. The largest absolute Gasteiger partial charge is 0.376 e. The zero-order valence-electron chi connectivity index (χ0n) is 12.6. The number of ether oxygens (including phenoxy) is 2. The van der Waals surface area contributed by atoms with Crippen LogP contribution in [0.5, 0.6) is 0 Å². The fraction of sp³-hybridized carbons (Fsp3) is 1.00. The van der Waals surface area contributed by atoms with Crippen LogP contribution in [0.15, 0.2) is 0 Å². The third kappa shape index (κ3) is 2.77. The van der Waals surface area contributed by atoms with Crippen LogP contribution in [-0.2, 0) is 9.47 Å². The van der Waals surface area contributed by atoms with Gasteiger partial charge < -0.3 is 14.8 Å². The van der Waals surface area contributed by atoms with Crippen molar-refractivity contribution in [2.75, 3.05) is 13.2 Å². The molecule has 3 nitrogen and oxygen atoms in total. The summed E-state index contributed by atoms with van der Waals surface area (Å²) in [4.78, 5) is 0. The monoisotopic (exact) mass is 279 g/mol. The molecule has 1 N–H and O–H groups in total. The van der Waals surface area contributed by atoms with Crippen LogP contribution in [0, 0.1) is 5.92 Å². The van der Waals surface area contributed by atoms with E-state index in [1.807, 2.05) is 0 Å². The molecule has 4 fully saturated rings. The van der Waals surface area contributed by atoms with Crippen molar-refractivity contribution in [2.45, 2.75) is 88.1 Å². The molecule has 0 bridgehead atoms. The maximum Gasteiger partial charge on any atom is 0.0756 e. The third-order valence-corrected chi connectivity index (χ3v) is 5.93. The highest BCUT2D eigenvalue weighted by molar-refractivity contribution is 4.95. The SMILES string of the molecule is C1CCC2(CC1)CCC(CNC1CCOC1C1CC1)O2. The van der Waals surface area contributed by atoms with Crippen LogP contribution in [-0.4, -0.2) is 37.0 Å². The highest BCUT2D eigenvalue weighted by atomic mass is 16.5. The molecule has 4 aliphatic rings. The van der Waals surface area contributed by atoms with E-state index in [9.17, 15) is 0 Å². The first-order valence-corrected chi connectivity index (χ1v) is 8.88. The Hall–Kier alpha value is -0.120. The molecule has 2 aliphatic carbocycles. The summed E-state index contributed by atoms with van der Waals surface area (Å²) < 4.78 is 12.4. The average molecular weight is 279 g/mol. The molecule has 114 valence electrons. The second-order valence-electron chi connectivity index (χ2n) is 7.50. The minimum Gasteiger partial charge on any atom is -0.376 e. The molecule has 3 unspecified atom stereocenters. The summed E-state index contributed by atoms with van der Waals surface area (Å²) in [5.74, 6) is 0.851. The van der Waals surface area contributed by atoms with Crippen LogP contribution in [0.1, 0.15) is 64.2 Å². The maximum absolute atomic E-state index is 6.46. The Morgan fingerprint density at radius 3 is 2.60 bits per heavy atom. The average Bonchev–Trinajstić information content (AvgIpc) is 3.09. The molecule has 1 spiro atoms. The molecule has 4 rings (SSSR count). The van der Waals surface area contributed by atoms with E-state index in [1.165, 1.54) is 64.2 Å². The molecule has 3 heteroatoms. The number of rotatable bonds is 4. The van der Waals surface area contributed by atoms with Crippen LogP contribution in [0.4, 0.5) is 0 Å². The predicted molar refractivity (Wildman–Crippen MR) is 78.8 cm³/mol. The van der Waals surface area contributed by atoms with E-state index in [2.05, 4.69) is 5.32 Å². The van der Waals surface area contributed by atoms with Gasteiger partial charge in [0.25, 0.3) is 0 Å². The van der Waals surface area contributed by atoms with E-state index in [0.717, 1.165) is 19.1 Å². The number of hydrogen-bond donors (Lipinski definition) is 1. The summed E-state index contributed by atoms with van der Waals surface area (Å²) in [6.07, 6.45) is 14.2. The van der Waals surface area contributed by atoms with Crippen LogP contribution < -0.4 is 5.32 Å². The van der Waals surface area contributed by atoms with Crippen molar-refractivity contribution >= 4 is 0 Å². The second-order valence-corrected chi connectivity index (χ2v) is 7.50. The first-order valence-electron chi connectivity index (χ1n) is 8.88. The van der Waals surface area contributed by atoms with E-state index in [-0.39, 0.29) is 5.60 Å². The van der Waals surface area contributed by atoms with Crippen molar-refractivity contribution in [3.8, 4) is 0 Å². The summed E-state index contributed by atoms with van der Waals surface area (Å²) in [5, 5.41) is 3.77. The van der Waals surface area contributed by atoms with Gasteiger partial charge in [-0.1, -0.05) is 19.3 Å². The van der Waals surface area contributed by atoms with Gasteiger partial charge in [0, 0.05) is 19.2 Å². The van der Waals surface area contributed by atoms with Gasteiger partial charge in [0.05, 0.1) is 17.8 Å². The van der Waals surface area contributed by atoms with Crippen LogP contribution in [0.2, 0.25) is 0 Å². The Bertz CT molecular complexity index is 336. The summed E-state index contributed by atoms with van der Waals surface area (Å²) in [5.41, 5.74) is 0.271. The lowest BCUT2D eigenvalue weighted by Gasteiger charge is -2.33. The van der Waals surface area contributed by atoms with Gasteiger partial charge >= 0.3 is 0 Å². The standard InChI is InChI=1S/C17H29NO2/c1-2-8-17(9-3-1)10-6-14(20-17)12-18-15-7-11-19-16(15)13-4-5-13/h13-16,18H,1-12H2. The fourth-order valence-electron chi connectivity index (χ4n) is 4.61. The van der Waals surface area contributed by atoms with Crippen LogP contribution in [0.3, 0.4) is 0 Å². The minimum absolute atomic E-state index is 0.271. The van der Waals surface area contributed by atoms with Gasteiger partial charge in [-0.25, -0.2) is 0 Å². The zero-order valence-corrected chi connectivity index (χ0v) is 12.6. The molecule has 0 aromatic rings. The molecule has 0 amide bonds. The number of hydrogen-bond acceptors (Lipinski definition) is 3. The van der Waals surface area contributed by atoms with E-state index in [1.54, 1.807) is 0 Å². The molecule has 2 saturated carbocycles. The Morgan fingerprint density at radius 2 is 1.80 bits per heavy atom. The Morgan fingerprint density at radius 1 is 0.950 bits per heavy atom. The molecular weight excluding hydrogens is 250 g/mol. The summed E-state index contributed by atoms with van der Waals surface area (Å²) in [7, 11) is 0. The Balaban J connectivity index is 1.26. The van der Waals surface area contributed by atoms with Crippen molar-refractivity contribution in [3.63, 3.8) is 0 Å². The topological polar surface area (TPSA) is 30.5 Å². The molecule has 0 radical (unpaired) electrons. The van der Waals surface area contributed by atoms with Crippen molar-refractivity contribution in [1.82, 2.24) is 5.32 Å². The van der Waals surface area contributed by atoms with E-state index in [4.69, 9.17) is 9.47 Å². The molecule has 20 heavy (non-hydrogen) atoms. The van der Waals surface area contributed by atoms with Gasteiger partial charge in [-0.05, 0) is 50.9 Å². The third-order valence-electron chi connectivity index (χ3n) is 5.93. The minimum atomic E-state index is 0.271. The summed E-state index contributed by atoms with van der Waals surface area (Å²) >= 11 is 0. The van der Waals surface area contributed by atoms with Gasteiger partial charge in [-0.2, -0.15) is 0 Å². The highest BCUT2D eigenvalue weighted by Crippen LogP contribution is 2.42. The van der Waals surface area contributed by atoms with Gasteiger partial charge in [0.2, 0.25) is 0 Å². The van der Waals surface area contributed by atoms with Crippen molar-refractivity contribution in [3.05, 3.63) is 0 Å². The highest BCUT2D eigenvalue weighted by Gasteiger charge is 2.43. The quantitative estimate of drug-likeness (QED) is 0.858. The molecule has 2 aliphatic heterocycles. The summed E-state index contributed by atoms with van der Waals surface area (Å²) in [6.45, 7) is 1.99. The molecule has 0 aromatic carbocycles. The molecule has 3 atom stereocenters. The number of nitrogens with one attached hydrogen (secondary N) is 1. The molecular formula is C17H29NO2. The van der Waals surface area contributed by atoms with Crippen LogP contribution in [0.25, 0.3) is 0 Å². The normalized spacial score (nSPS) is 40.5. The maximum atomic E-state index is 6.46. The van der Waals surface area contributed by atoms with Gasteiger partial charge in [-0.3, -0.25) is 0 Å². The Labute approximate surface area is 122 Å². The first-order chi connectivity index (χ1) is 9.85. The first kappa shape index (κ1) is 13.5. The van der Waals surface area contributed by atoms with Gasteiger partial charge in [-0.15, -0.1) is 0 Å². The van der Waals surface area contributed by atoms with E-state index in [0.29, 0.717) is 18.2 Å². The molecule has 0 aromatic heterocycles. The van der Waals surface area contributed by atoms with Crippen molar-refractivity contribution in [1.29, 1.82) is 0 Å². The predicted octanol–water partition coefficient (Wildman–Crippen LogP) is 3.03.